The number of nitrogens with zero attached hydrogens (tertiary/aromatic N) is 4. The van der Waals surface area contributed by atoms with Crippen molar-refractivity contribution >= 4 is 11.8 Å². The quantitative estimate of drug-likeness (QED) is 0.413. The van der Waals surface area contributed by atoms with E-state index in [1.165, 1.54) is 36.0 Å². The number of ether oxygens (including phenoxy) is 1. The average molecular weight is 404 g/mol. The van der Waals surface area contributed by atoms with Crippen LogP contribution >= 0.6 is 11.8 Å². The minimum Gasteiger partial charge on any atom is -0.493 e. The second-order valence-electron chi connectivity index (χ2n) is 6.44. The maximum Gasteiger partial charge on any atom is 0.196 e. The van der Waals surface area contributed by atoms with E-state index in [1.807, 2.05) is 30.5 Å². The van der Waals surface area contributed by atoms with Crippen LogP contribution < -0.4 is 4.74 Å². The van der Waals surface area contributed by atoms with Crippen molar-refractivity contribution in [2.75, 3.05) is 26.5 Å². The molecule has 0 saturated heterocycles. The van der Waals surface area contributed by atoms with Gasteiger partial charge in [-0.3, -0.25) is 9.47 Å². The van der Waals surface area contributed by atoms with Crippen LogP contribution in [-0.2, 0) is 0 Å². The topological polar surface area (TPSA) is 43.2 Å². The molecule has 0 aliphatic heterocycles. The number of hydrogen-bond acceptors (Lipinski definition) is 5. The first-order valence-corrected chi connectivity index (χ1v) is 9.83. The van der Waals surface area contributed by atoms with Crippen LogP contribution in [0.1, 0.15) is 18.8 Å². The van der Waals surface area contributed by atoms with Gasteiger partial charge < -0.3 is 4.74 Å². The number of thioether (sulfide) groups is 1. The van der Waals surface area contributed by atoms with Crippen LogP contribution in [0, 0.1) is 11.6 Å². The lowest BCUT2D eigenvalue weighted by molar-refractivity contribution is 0.305. The van der Waals surface area contributed by atoms with Crippen LogP contribution in [0.3, 0.4) is 0 Å². The van der Waals surface area contributed by atoms with Gasteiger partial charge in [-0.05, 0) is 69.6 Å². The van der Waals surface area contributed by atoms with Gasteiger partial charge in [0.2, 0.25) is 0 Å². The molecule has 0 N–H and O–H groups in total. The molecule has 0 aliphatic rings. The number of halogens is 2. The molecular formula is C20H22F2N4OS. The van der Waals surface area contributed by atoms with E-state index < -0.39 is 0 Å². The van der Waals surface area contributed by atoms with Crippen molar-refractivity contribution in [1.82, 2.24) is 19.7 Å². The average Bonchev–Trinajstić information content (AvgIpc) is 3.10. The third-order valence-corrected chi connectivity index (χ3v) is 5.18. The lowest BCUT2D eigenvalue weighted by Crippen LogP contribution is -2.20. The van der Waals surface area contributed by atoms with Gasteiger partial charge in [-0.2, -0.15) is 0 Å². The van der Waals surface area contributed by atoms with Crippen LogP contribution in [0.4, 0.5) is 8.78 Å². The van der Waals surface area contributed by atoms with E-state index in [0.717, 1.165) is 11.5 Å². The van der Waals surface area contributed by atoms with Crippen molar-refractivity contribution in [3.05, 3.63) is 66.0 Å². The van der Waals surface area contributed by atoms with Gasteiger partial charge in [0.1, 0.15) is 17.4 Å². The molecule has 0 saturated carbocycles. The summed E-state index contributed by atoms with van der Waals surface area (Å²) < 4.78 is 33.9. The molecule has 1 heterocycles. The molecule has 0 spiro atoms. The van der Waals surface area contributed by atoms with Crippen molar-refractivity contribution in [2.45, 2.75) is 18.1 Å². The summed E-state index contributed by atoms with van der Waals surface area (Å²) in [6, 6.07) is 12.2. The normalized spacial score (nSPS) is 12.4. The molecule has 2 aromatic carbocycles. The Morgan fingerprint density at radius 2 is 1.61 bits per heavy atom. The highest BCUT2D eigenvalue weighted by Crippen LogP contribution is 2.27. The molecule has 0 amide bonds. The first-order valence-electron chi connectivity index (χ1n) is 8.84. The molecule has 8 heteroatoms. The lowest BCUT2D eigenvalue weighted by atomic mass is 10.2. The highest BCUT2D eigenvalue weighted by molar-refractivity contribution is 7.99. The minimum atomic E-state index is -0.295. The van der Waals surface area contributed by atoms with Crippen molar-refractivity contribution < 1.29 is 13.5 Å². The van der Waals surface area contributed by atoms with Crippen LogP contribution in [0.25, 0.3) is 5.69 Å². The zero-order valence-electron chi connectivity index (χ0n) is 16.0. The van der Waals surface area contributed by atoms with Gasteiger partial charge in [0.25, 0.3) is 0 Å². The Balaban J connectivity index is 1.74. The SMILES string of the molecule is C[C@@H](c1nnc(SCCOc2ccc(F)cc2)n1-c1ccc(F)cc1)N(C)C. The third-order valence-electron chi connectivity index (χ3n) is 4.29. The molecule has 1 aromatic heterocycles. The summed E-state index contributed by atoms with van der Waals surface area (Å²) in [7, 11) is 3.94. The van der Waals surface area contributed by atoms with Gasteiger partial charge in [-0.1, -0.05) is 11.8 Å². The van der Waals surface area contributed by atoms with Gasteiger partial charge in [-0.15, -0.1) is 10.2 Å². The Bertz CT molecular complexity index is 898. The Hall–Kier alpha value is -2.45. The summed E-state index contributed by atoms with van der Waals surface area (Å²) in [5, 5.41) is 9.39. The smallest absolute Gasteiger partial charge is 0.196 e. The number of hydrogen-bond donors (Lipinski definition) is 0. The van der Waals surface area contributed by atoms with Crippen LogP contribution in [0.15, 0.2) is 53.7 Å². The highest BCUT2D eigenvalue weighted by Gasteiger charge is 2.20. The maximum atomic E-state index is 13.4. The molecule has 5 nitrogen and oxygen atoms in total. The van der Waals surface area contributed by atoms with Crippen molar-refractivity contribution in [1.29, 1.82) is 0 Å². The summed E-state index contributed by atoms with van der Waals surface area (Å²) in [5.74, 6) is 1.44. The minimum absolute atomic E-state index is 0.0300. The summed E-state index contributed by atoms with van der Waals surface area (Å²) in [4.78, 5) is 2.04. The predicted molar refractivity (Wildman–Crippen MR) is 106 cm³/mol. The first kappa shape index (κ1) is 20.3. The molecule has 0 aliphatic carbocycles. The van der Waals surface area contributed by atoms with E-state index in [-0.39, 0.29) is 17.7 Å². The fourth-order valence-corrected chi connectivity index (χ4v) is 3.31. The van der Waals surface area contributed by atoms with Gasteiger partial charge in [0.05, 0.1) is 12.6 Å². The number of benzene rings is 2. The van der Waals surface area contributed by atoms with Crippen molar-refractivity contribution in [3.63, 3.8) is 0 Å². The summed E-state index contributed by atoms with van der Waals surface area (Å²) in [6.45, 7) is 2.47. The Morgan fingerprint density at radius 1 is 1.00 bits per heavy atom. The van der Waals surface area contributed by atoms with Crippen molar-refractivity contribution in [3.8, 4) is 11.4 Å². The Kier molecular flexibility index (Phi) is 6.64. The van der Waals surface area contributed by atoms with E-state index in [2.05, 4.69) is 10.2 Å². The largest absolute Gasteiger partial charge is 0.493 e. The lowest BCUT2D eigenvalue weighted by Gasteiger charge is -2.20. The van der Waals surface area contributed by atoms with E-state index in [1.54, 1.807) is 24.3 Å². The summed E-state index contributed by atoms with van der Waals surface area (Å²) >= 11 is 1.50. The van der Waals surface area contributed by atoms with Gasteiger partial charge in [-0.25, -0.2) is 8.78 Å². The standard InChI is InChI=1S/C20H22F2N4OS/c1-14(25(2)3)19-23-24-20(26(19)17-8-4-15(21)5-9-17)28-13-12-27-18-10-6-16(22)7-11-18/h4-11,14H,12-13H2,1-3H3/t14-/m0/s1. The molecule has 0 unspecified atom stereocenters. The summed E-state index contributed by atoms with van der Waals surface area (Å²) in [6.07, 6.45) is 0. The number of rotatable bonds is 8. The van der Waals surface area contributed by atoms with E-state index in [0.29, 0.717) is 23.3 Å². The van der Waals surface area contributed by atoms with Gasteiger partial charge >= 0.3 is 0 Å². The third kappa shape index (κ3) is 4.88. The molecule has 0 radical (unpaired) electrons. The van der Waals surface area contributed by atoms with E-state index >= 15 is 0 Å². The molecule has 3 rings (SSSR count). The van der Waals surface area contributed by atoms with Crippen LogP contribution in [0.5, 0.6) is 5.75 Å². The van der Waals surface area contributed by atoms with Crippen LogP contribution in [-0.4, -0.2) is 46.1 Å². The van der Waals surface area contributed by atoms with E-state index in [4.69, 9.17) is 4.74 Å². The van der Waals surface area contributed by atoms with Gasteiger partial charge in [0, 0.05) is 11.4 Å². The molecule has 0 bridgehead atoms. The van der Waals surface area contributed by atoms with Crippen molar-refractivity contribution in [2.24, 2.45) is 0 Å². The molecular weight excluding hydrogens is 382 g/mol. The predicted octanol–water partition coefficient (Wildman–Crippen LogP) is 4.34. The number of aromatic nitrogens is 3. The molecule has 1 atom stereocenters. The molecule has 3 aromatic rings. The summed E-state index contributed by atoms with van der Waals surface area (Å²) in [5.41, 5.74) is 0.803. The van der Waals surface area contributed by atoms with Crippen LogP contribution in [0.2, 0.25) is 0 Å². The molecule has 148 valence electrons. The van der Waals surface area contributed by atoms with E-state index in [9.17, 15) is 8.78 Å². The second kappa shape index (κ2) is 9.16. The van der Waals surface area contributed by atoms with Gasteiger partial charge in [0.15, 0.2) is 11.0 Å². The zero-order valence-corrected chi connectivity index (χ0v) is 16.8. The highest BCUT2D eigenvalue weighted by atomic mass is 32.2. The molecule has 0 fully saturated rings. The Labute approximate surface area is 167 Å². The first-order chi connectivity index (χ1) is 13.5. The molecule has 28 heavy (non-hydrogen) atoms. The monoisotopic (exact) mass is 404 g/mol. The fraction of sp³-hybridized carbons (Fsp3) is 0.300. The fourth-order valence-electron chi connectivity index (χ4n) is 2.53. The Morgan fingerprint density at radius 3 is 2.21 bits per heavy atom. The second-order valence-corrected chi connectivity index (χ2v) is 7.51. The zero-order chi connectivity index (χ0) is 20.1. The maximum absolute atomic E-state index is 13.4.